The summed E-state index contributed by atoms with van der Waals surface area (Å²) in [4.78, 5) is 10.6. The van der Waals surface area contributed by atoms with Crippen LogP contribution in [0.4, 0.5) is 0 Å². The van der Waals surface area contributed by atoms with E-state index in [0.717, 1.165) is 19.3 Å². The lowest BCUT2D eigenvalue weighted by Gasteiger charge is -2.28. The van der Waals surface area contributed by atoms with Crippen LogP contribution in [0.3, 0.4) is 0 Å². The molecule has 0 aromatic carbocycles. The van der Waals surface area contributed by atoms with Gasteiger partial charge in [0.05, 0.1) is 5.92 Å². The molecule has 1 heterocycles. The number of hydrogen-bond acceptors (Lipinski definition) is 2. The highest BCUT2D eigenvalue weighted by atomic mass is 16.4. The summed E-state index contributed by atoms with van der Waals surface area (Å²) >= 11 is 0. The molecule has 0 aromatic heterocycles. The van der Waals surface area contributed by atoms with Crippen LogP contribution in [0.1, 0.15) is 33.1 Å². The first-order chi connectivity index (χ1) is 6.09. The van der Waals surface area contributed by atoms with Gasteiger partial charge < -0.3 is 10.4 Å². The van der Waals surface area contributed by atoms with Crippen molar-refractivity contribution in [3.63, 3.8) is 0 Å². The number of piperidine rings is 1. The minimum absolute atomic E-state index is 0.164. The summed E-state index contributed by atoms with van der Waals surface area (Å²) in [5, 5.41) is 12.1. The molecule has 1 aliphatic heterocycles. The fraction of sp³-hybridized carbons (Fsp3) is 0.900. The van der Waals surface area contributed by atoms with Crippen molar-refractivity contribution in [3.8, 4) is 0 Å². The van der Waals surface area contributed by atoms with Gasteiger partial charge in [-0.15, -0.1) is 0 Å². The fourth-order valence-corrected chi connectivity index (χ4v) is 1.90. The fourth-order valence-electron chi connectivity index (χ4n) is 1.90. The lowest BCUT2D eigenvalue weighted by atomic mass is 9.90. The van der Waals surface area contributed by atoms with Crippen molar-refractivity contribution < 1.29 is 9.90 Å². The molecule has 0 spiro atoms. The number of carboxylic acids is 1. The summed E-state index contributed by atoms with van der Waals surface area (Å²) in [7, 11) is 0. The van der Waals surface area contributed by atoms with Gasteiger partial charge in [0.1, 0.15) is 0 Å². The molecule has 13 heavy (non-hydrogen) atoms. The Hall–Kier alpha value is -0.570. The summed E-state index contributed by atoms with van der Waals surface area (Å²) in [6, 6.07) is 0.538. The number of aliphatic carboxylic acids is 1. The third kappa shape index (κ3) is 3.35. The van der Waals surface area contributed by atoms with Crippen molar-refractivity contribution >= 4 is 5.97 Å². The van der Waals surface area contributed by atoms with Crippen molar-refractivity contribution in [2.75, 3.05) is 6.54 Å². The zero-order chi connectivity index (χ0) is 9.84. The lowest BCUT2D eigenvalue weighted by Crippen LogP contribution is -2.42. The summed E-state index contributed by atoms with van der Waals surface area (Å²) in [6.45, 7) is 5.04. The number of rotatable bonds is 3. The second-order valence-electron chi connectivity index (χ2n) is 4.35. The first-order valence-corrected chi connectivity index (χ1v) is 5.05. The van der Waals surface area contributed by atoms with Crippen LogP contribution in [0.25, 0.3) is 0 Å². The Balaban J connectivity index is 2.26. The van der Waals surface area contributed by atoms with Gasteiger partial charge in [-0.2, -0.15) is 0 Å². The molecule has 0 aliphatic carbocycles. The van der Waals surface area contributed by atoms with Gasteiger partial charge in [0, 0.05) is 12.6 Å². The molecule has 0 aromatic rings. The summed E-state index contributed by atoms with van der Waals surface area (Å²) in [5.41, 5.74) is 0. The Morgan fingerprint density at radius 1 is 1.54 bits per heavy atom. The standard InChI is InChI=1S/C10H19NO2/c1-7(2)5-9-4-3-8(6-11-9)10(12)13/h7-9,11H,3-6H2,1-2H3,(H,12,13). The molecule has 0 saturated carbocycles. The zero-order valence-corrected chi connectivity index (χ0v) is 8.42. The normalized spacial score (nSPS) is 29.2. The number of nitrogens with one attached hydrogen (secondary N) is 1. The van der Waals surface area contributed by atoms with E-state index in [4.69, 9.17) is 5.11 Å². The predicted octanol–water partition coefficient (Wildman–Crippen LogP) is 1.49. The molecule has 2 unspecified atom stereocenters. The molecular weight excluding hydrogens is 166 g/mol. The molecule has 2 N–H and O–H groups in total. The first kappa shape index (κ1) is 10.5. The van der Waals surface area contributed by atoms with E-state index in [2.05, 4.69) is 19.2 Å². The second kappa shape index (κ2) is 4.61. The Morgan fingerprint density at radius 3 is 2.62 bits per heavy atom. The molecule has 3 heteroatoms. The third-order valence-corrected chi connectivity index (χ3v) is 2.62. The largest absolute Gasteiger partial charge is 0.481 e. The smallest absolute Gasteiger partial charge is 0.307 e. The molecule has 0 bridgehead atoms. The SMILES string of the molecule is CC(C)CC1CCC(C(=O)O)CN1. The van der Waals surface area contributed by atoms with Crippen molar-refractivity contribution in [1.29, 1.82) is 0 Å². The summed E-state index contributed by atoms with van der Waals surface area (Å²) in [5.74, 6) is -0.127. The molecule has 1 saturated heterocycles. The lowest BCUT2D eigenvalue weighted by molar-refractivity contribution is -0.142. The molecule has 0 amide bonds. The molecule has 1 aliphatic rings. The average molecular weight is 185 g/mol. The maximum absolute atomic E-state index is 10.6. The van der Waals surface area contributed by atoms with Crippen molar-refractivity contribution in [2.24, 2.45) is 11.8 Å². The second-order valence-corrected chi connectivity index (χ2v) is 4.35. The molecule has 1 rings (SSSR count). The van der Waals surface area contributed by atoms with Gasteiger partial charge in [-0.25, -0.2) is 0 Å². The number of carboxylic acid groups (broad SMARTS) is 1. The topological polar surface area (TPSA) is 49.3 Å². The van der Waals surface area contributed by atoms with Gasteiger partial charge in [0.25, 0.3) is 0 Å². The predicted molar refractivity (Wildman–Crippen MR) is 51.6 cm³/mol. The number of carbonyl (C=O) groups is 1. The minimum atomic E-state index is -0.657. The molecule has 2 atom stereocenters. The van der Waals surface area contributed by atoms with Crippen LogP contribution in [0.5, 0.6) is 0 Å². The van der Waals surface area contributed by atoms with Crippen molar-refractivity contribution in [3.05, 3.63) is 0 Å². The molecule has 76 valence electrons. The van der Waals surface area contributed by atoms with E-state index in [1.807, 2.05) is 0 Å². The highest BCUT2D eigenvalue weighted by Crippen LogP contribution is 2.18. The number of hydrogen-bond donors (Lipinski definition) is 2. The van der Waals surface area contributed by atoms with E-state index in [9.17, 15) is 4.79 Å². The summed E-state index contributed by atoms with van der Waals surface area (Å²) in [6.07, 6.45) is 3.00. The van der Waals surface area contributed by atoms with Crippen LogP contribution in [0, 0.1) is 11.8 Å². The van der Waals surface area contributed by atoms with Crippen LogP contribution >= 0.6 is 0 Å². The third-order valence-electron chi connectivity index (χ3n) is 2.62. The Labute approximate surface area is 79.5 Å². The van der Waals surface area contributed by atoms with E-state index >= 15 is 0 Å². The molecular formula is C10H19NO2. The van der Waals surface area contributed by atoms with Crippen LogP contribution < -0.4 is 5.32 Å². The van der Waals surface area contributed by atoms with Crippen LogP contribution in [0.15, 0.2) is 0 Å². The van der Waals surface area contributed by atoms with Crippen molar-refractivity contribution in [2.45, 2.75) is 39.2 Å². The monoisotopic (exact) mass is 185 g/mol. The Bertz CT molecular complexity index is 172. The zero-order valence-electron chi connectivity index (χ0n) is 8.42. The first-order valence-electron chi connectivity index (χ1n) is 5.05. The van der Waals surface area contributed by atoms with E-state index in [1.165, 1.54) is 0 Å². The van der Waals surface area contributed by atoms with Gasteiger partial charge >= 0.3 is 5.97 Å². The van der Waals surface area contributed by atoms with Crippen LogP contribution in [-0.4, -0.2) is 23.7 Å². The van der Waals surface area contributed by atoms with Gasteiger partial charge in [-0.1, -0.05) is 13.8 Å². The van der Waals surface area contributed by atoms with Crippen LogP contribution in [0.2, 0.25) is 0 Å². The van der Waals surface area contributed by atoms with Crippen LogP contribution in [-0.2, 0) is 4.79 Å². The maximum Gasteiger partial charge on any atom is 0.307 e. The van der Waals surface area contributed by atoms with E-state index in [1.54, 1.807) is 0 Å². The maximum atomic E-state index is 10.6. The van der Waals surface area contributed by atoms with E-state index in [-0.39, 0.29) is 5.92 Å². The van der Waals surface area contributed by atoms with Gasteiger partial charge in [0.2, 0.25) is 0 Å². The summed E-state index contributed by atoms with van der Waals surface area (Å²) < 4.78 is 0. The van der Waals surface area contributed by atoms with E-state index < -0.39 is 5.97 Å². The molecule has 1 fully saturated rings. The van der Waals surface area contributed by atoms with Crippen molar-refractivity contribution in [1.82, 2.24) is 5.32 Å². The Kier molecular flexibility index (Phi) is 3.72. The highest BCUT2D eigenvalue weighted by Gasteiger charge is 2.25. The van der Waals surface area contributed by atoms with Gasteiger partial charge in [-0.3, -0.25) is 4.79 Å². The van der Waals surface area contributed by atoms with E-state index in [0.29, 0.717) is 18.5 Å². The Morgan fingerprint density at radius 2 is 2.23 bits per heavy atom. The van der Waals surface area contributed by atoms with Gasteiger partial charge in [0.15, 0.2) is 0 Å². The quantitative estimate of drug-likeness (QED) is 0.700. The molecule has 3 nitrogen and oxygen atoms in total. The van der Waals surface area contributed by atoms with Gasteiger partial charge in [-0.05, 0) is 25.2 Å². The molecule has 0 radical (unpaired) electrons. The average Bonchev–Trinajstić information content (AvgIpc) is 2.04. The highest BCUT2D eigenvalue weighted by molar-refractivity contribution is 5.70. The minimum Gasteiger partial charge on any atom is -0.481 e.